The second-order valence-electron chi connectivity index (χ2n) is 9.39. The van der Waals surface area contributed by atoms with Gasteiger partial charge in [-0.2, -0.15) is 4.98 Å². The largest absolute Gasteiger partial charge is 0.421 e. The number of aliphatic hydroxyl groups is 1. The Morgan fingerprint density at radius 1 is 1.12 bits per heavy atom. The van der Waals surface area contributed by atoms with E-state index in [0.29, 0.717) is 44.2 Å². The van der Waals surface area contributed by atoms with E-state index in [9.17, 15) is 0 Å². The zero-order valence-corrected chi connectivity index (χ0v) is 21.4. The third-order valence-corrected chi connectivity index (χ3v) is 7.95. The summed E-state index contributed by atoms with van der Waals surface area (Å²) >= 11 is 19.0. The molecule has 3 aromatic rings. The molecule has 0 radical (unpaired) electrons. The normalized spacial score (nSPS) is 20.1. The molecule has 2 saturated heterocycles. The number of aromatic nitrogens is 1. The van der Waals surface area contributed by atoms with E-state index in [4.69, 9.17) is 49.3 Å². The number of rotatable bonds is 8. The van der Waals surface area contributed by atoms with E-state index in [-0.39, 0.29) is 12.6 Å². The molecular weight excluding hydrogens is 495 g/mol. The van der Waals surface area contributed by atoms with Gasteiger partial charge in [-0.3, -0.25) is 0 Å². The number of nitrogens with zero attached hydrogens (tertiary/aromatic N) is 3. The Hall–Kier alpha value is -1.70. The van der Waals surface area contributed by atoms with Gasteiger partial charge in [0.05, 0.1) is 16.8 Å². The van der Waals surface area contributed by atoms with Crippen LogP contribution >= 0.6 is 34.8 Å². The highest BCUT2D eigenvalue weighted by atomic mass is 35.5. The Kier molecular flexibility index (Phi) is 7.14. The summed E-state index contributed by atoms with van der Waals surface area (Å²) in [6.45, 7) is 7.45. The SMILES string of the molecule is C[C@@H](Nc1c(Cl)ccc2nc(N3CC([C@H]4CCN(CCCO)C4)C3)oc12)c1ccc(Cl)cc1Cl. The summed E-state index contributed by atoms with van der Waals surface area (Å²) in [6, 6.07) is 9.75. The van der Waals surface area contributed by atoms with Crippen LogP contribution in [0.3, 0.4) is 0 Å². The number of likely N-dealkylation sites (tertiary alicyclic amines) is 1. The van der Waals surface area contributed by atoms with E-state index in [2.05, 4.69) is 15.1 Å². The van der Waals surface area contributed by atoms with Crippen molar-refractivity contribution in [3.05, 3.63) is 51.0 Å². The smallest absolute Gasteiger partial charge is 0.298 e. The molecule has 2 N–H and O–H groups in total. The van der Waals surface area contributed by atoms with Crippen LogP contribution in [0, 0.1) is 11.8 Å². The summed E-state index contributed by atoms with van der Waals surface area (Å²) in [6.07, 6.45) is 2.08. The standard InChI is InChI=1S/C25H29Cl3N4O2/c1-15(19-4-3-18(26)11-21(19)28)29-23-20(27)5-6-22-24(23)34-25(30-22)32-13-17(14-32)16-7-9-31(12-16)8-2-10-33/h3-6,11,15-17,29,33H,2,7-10,12-14H2,1H3/t15-,16+/m1/s1. The van der Waals surface area contributed by atoms with Crippen molar-refractivity contribution in [2.24, 2.45) is 11.8 Å². The van der Waals surface area contributed by atoms with Gasteiger partial charge < -0.3 is 24.6 Å². The first-order valence-electron chi connectivity index (χ1n) is 11.8. The lowest BCUT2D eigenvalue weighted by atomic mass is 9.85. The zero-order chi connectivity index (χ0) is 23.8. The van der Waals surface area contributed by atoms with Crippen LogP contribution in [0.1, 0.15) is 31.4 Å². The summed E-state index contributed by atoms with van der Waals surface area (Å²) < 4.78 is 6.23. The van der Waals surface area contributed by atoms with Crippen LogP contribution in [0.15, 0.2) is 34.7 Å². The fourth-order valence-electron chi connectivity index (χ4n) is 5.08. The monoisotopic (exact) mass is 522 g/mol. The van der Waals surface area contributed by atoms with Gasteiger partial charge in [-0.1, -0.05) is 40.9 Å². The van der Waals surface area contributed by atoms with Gasteiger partial charge in [0.15, 0.2) is 5.58 Å². The number of hydrogen-bond donors (Lipinski definition) is 2. The van der Waals surface area contributed by atoms with Crippen molar-refractivity contribution in [3.63, 3.8) is 0 Å². The maximum Gasteiger partial charge on any atom is 0.298 e. The van der Waals surface area contributed by atoms with E-state index in [1.54, 1.807) is 6.07 Å². The molecule has 2 aromatic carbocycles. The molecule has 34 heavy (non-hydrogen) atoms. The molecule has 2 aliphatic rings. The second kappa shape index (κ2) is 10.1. The predicted octanol–water partition coefficient (Wildman–Crippen LogP) is 6.10. The maximum atomic E-state index is 9.07. The van der Waals surface area contributed by atoms with Crippen LogP contribution in [0.4, 0.5) is 11.7 Å². The average molecular weight is 524 g/mol. The predicted molar refractivity (Wildman–Crippen MR) is 139 cm³/mol. The number of nitrogens with one attached hydrogen (secondary N) is 1. The van der Waals surface area contributed by atoms with Crippen molar-refractivity contribution in [2.75, 3.05) is 49.5 Å². The van der Waals surface area contributed by atoms with Crippen molar-refractivity contribution < 1.29 is 9.52 Å². The quantitative estimate of drug-likeness (QED) is 0.372. The maximum absolute atomic E-state index is 9.07. The Morgan fingerprint density at radius 2 is 1.94 bits per heavy atom. The molecule has 0 spiro atoms. The third-order valence-electron chi connectivity index (χ3n) is 7.07. The number of aliphatic hydroxyl groups excluding tert-OH is 1. The molecular formula is C25H29Cl3N4O2. The molecule has 0 aliphatic carbocycles. The Bertz CT molecular complexity index is 1160. The lowest BCUT2D eigenvalue weighted by molar-refractivity contribution is 0.224. The van der Waals surface area contributed by atoms with E-state index >= 15 is 0 Å². The summed E-state index contributed by atoms with van der Waals surface area (Å²) in [5, 5.41) is 14.3. The number of fused-ring (bicyclic) bond motifs is 1. The van der Waals surface area contributed by atoms with Crippen molar-refractivity contribution in [1.29, 1.82) is 0 Å². The second-order valence-corrected chi connectivity index (χ2v) is 10.6. The molecule has 2 atom stereocenters. The Labute approximate surface area is 214 Å². The van der Waals surface area contributed by atoms with Crippen molar-refractivity contribution in [2.45, 2.75) is 25.8 Å². The molecule has 0 bridgehead atoms. The van der Waals surface area contributed by atoms with Crippen LogP contribution in [-0.4, -0.2) is 54.3 Å². The van der Waals surface area contributed by atoms with Gasteiger partial charge in [-0.05, 0) is 68.0 Å². The lowest BCUT2D eigenvalue weighted by Crippen LogP contribution is -2.50. The highest BCUT2D eigenvalue weighted by Crippen LogP contribution is 2.40. The van der Waals surface area contributed by atoms with Gasteiger partial charge >= 0.3 is 0 Å². The molecule has 9 heteroatoms. The molecule has 0 saturated carbocycles. The first kappa shape index (κ1) is 24.0. The lowest BCUT2D eigenvalue weighted by Gasteiger charge is -2.41. The van der Waals surface area contributed by atoms with Crippen LogP contribution in [-0.2, 0) is 0 Å². The first-order chi connectivity index (χ1) is 16.4. The number of benzene rings is 2. The van der Waals surface area contributed by atoms with Crippen LogP contribution < -0.4 is 10.2 Å². The topological polar surface area (TPSA) is 64.8 Å². The summed E-state index contributed by atoms with van der Waals surface area (Å²) in [7, 11) is 0. The van der Waals surface area contributed by atoms with Crippen molar-refractivity contribution in [1.82, 2.24) is 9.88 Å². The zero-order valence-electron chi connectivity index (χ0n) is 19.1. The van der Waals surface area contributed by atoms with Crippen LogP contribution in [0.2, 0.25) is 15.1 Å². The highest BCUT2D eigenvalue weighted by Gasteiger charge is 2.38. The Morgan fingerprint density at radius 3 is 2.71 bits per heavy atom. The number of halogens is 3. The fraction of sp³-hybridized carbons (Fsp3) is 0.480. The minimum absolute atomic E-state index is 0.106. The van der Waals surface area contributed by atoms with Gasteiger partial charge in [0.1, 0.15) is 5.52 Å². The first-order valence-corrected chi connectivity index (χ1v) is 12.9. The molecule has 1 aromatic heterocycles. The van der Waals surface area contributed by atoms with Crippen molar-refractivity contribution in [3.8, 4) is 0 Å². The third kappa shape index (κ3) is 4.84. The molecule has 2 fully saturated rings. The molecule has 0 unspecified atom stereocenters. The van der Waals surface area contributed by atoms with Crippen molar-refractivity contribution >= 4 is 57.6 Å². The van der Waals surface area contributed by atoms with Gasteiger partial charge in [-0.15, -0.1) is 0 Å². The van der Waals surface area contributed by atoms with E-state index in [0.717, 1.165) is 50.2 Å². The van der Waals surface area contributed by atoms with Gasteiger partial charge in [0.25, 0.3) is 6.01 Å². The van der Waals surface area contributed by atoms with Gasteiger partial charge in [-0.25, -0.2) is 0 Å². The summed E-state index contributed by atoms with van der Waals surface area (Å²) in [5.74, 6) is 1.36. The van der Waals surface area contributed by atoms with E-state index < -0.39 is 0 Å². The van der Waals surface area contributed by atoms with Crippen LogP contribution in [0.5, 0.6) is 0 Å². The van der Waals surface area contributed by atoms with Gasteiger partial charge in [0.2, 0.25) is 0 Å². The van der Waals surface area contributed by atoms with Gasteiger partial charge in [0, 0.05) is 42.8 Å². The number of oxazole rings is 1. The minimum Gasteiger partial charge on any atom is -0.421 e. The van der Waals surface area contributed by atoms with E-state index in [1.807, 2.05) is 31.2 Å². The van der Waals surface area contributed by atoms with Crippen LogP contribution in [0.25, 0.3) is 11.1 Å². The highest BCUT2D eigenvalue weighted by molar-refractivity contribution is 6.35. The molecule has 5 rings (SSSR count). The molecule has 182 valence electrons. The summed E-state index contributed by atoms with van der Waals surface area (Å²) in [5.41, 5.74) is 3.06. The Balaban J connectivity index is 1.28. The molecule has 6 nitrogen and oxygen atoms in total. The molecule has 2 aliphatic heterocycles. The number of anilines is 2. The van der Waals surface area contributed by atoms with E-state index in [1.165, 1.54) is 6.42 Å². The number of hydrogen-bond acceptors (Lipinski definition) is 6. The summed E-state index contributed by atoms with van der Waals surface area (Å²) in [4.78, 5) is 9.42. The minimum atomic E-state index is -0.106. The fourth-order valence-corrected chi connectivity index (χ4v) is 5.86. The average Bonchev–Trinajstić information content (AvgIpc) is 3.40. The molecule has 0 amide bonds. The molecule has 3 heterocycles.